The van der Waals surface area contributed by atoms with Gasteiger partial charge in [-0.1, -0.05) is 30.4 Å². The largest absolute Gasteiger partial charge is 0.489 e. The van der Waals surface area contributed by atoms with Crippen molar-refractivity contribution >= 4 is 11.8 Å². The van der Waals surface area contributed by atoms with Gasteiger partial charge in [0.25, 0.3) is 0 Å². The summed E-state index contributed by atoms with van der Waals surface area (Å²) in [6.45, 7) is 6.86. The third-order valence-corrected chi connectivity index (χ3v) is 8.05. The lowest BCUT2D eigenvalue weighted by molar-refractivity contribution is -0.136. The first kappa shape index (κ1) is 26.4. The van der Waals surface area contributed by atoms with E-state index in [1.165, 1.54) is 0 Å². The van der Waals surface area contributed by atoms with Gasteiger partial charge in [0.2, 0.25) is 11.8 Å². The highest BCUT2D eigenvalue weighted by molar-refractivity contribution is 5.79. The minimum absolute atomic E-state index is 0.136. The average molecular weight is 518 g/mol. The third kappa shape index (κ3) is 6.79. The molecule has 0 N–H and O–H groups in total. The van der Waals surface area contributed by atoms with Crippen molar-refractivity contribution in [2.45, 2.75) is 25.9 Å². The smallest absolute Gasteiger partial charge is 0.236 e. The van der Waals surface area contributed by atoms with Gasteiger partial charge in [-0.05, 0) is 49.1 Å². The van der Waals surface area contributed by atoms with Crippen LogP contribution in [0.5, 0.6) is 5.75 Å². The number of carbonyl (C=O) groups is 2. The average Bonchev–Trinajstić information content (AvgIpc) is 2.93. The Bertz CT molecular complexity index is 1120. The van der Waals surface area contributed by atoms with Crippen LogP contribution in [-0.2, 0) is 22.7 Å². The lowest BCUT2D eigenvalue weighted by Gasteiger charge is -2.39. The lowest BCUT2D eigenvalue weighted by atomic mass is 9.82. The van der Waals surface area contributed by atoms with Crippen LogP contribution in [0, 0.1) is 11.8 Å². The topological polar surface area (TPSA) is 69.2 Å². The number of likely N-dealkylation sites (N-methyl/N-ethyl adjacent to an activating group) is 1. The van der Waals surface area contributed by atoms with E-state index >= 15 is 0 Å². The molecule has 3 aliphatic heterocycles. The molecule has 0 radical (unpaired) electrons. The van der Waals surface area contributed by atoms with E-state index < -0.39 is 0 Å². The highest BCUT2D eigenvalue weighted by Gasteiger charge is 2.33. The van der Waals surface area contributed by atoms with Crippen molar-refractivity contribution in [3.05, 3.63) is 72.1 Å². The van der Waals surface area contributed by atoms with Gasteiger partial charge in [-0.2, -0.15) is 0 Å². The molecular weight excluding hydrogens is 478 g/mol. The maximum Gasteiger partial charge on any atom is 0.236 e. The summed E-state index contributed by atoms with van der Waals surface area (Å²) < 4.78 is 6.18. The van der Waals surface area contributed by atoms with Gasteiger partial charge in [-0.25, -0.2) is 0 Å². The standard InChI is InChI=1S/C30H39N5O3/c1-32-14-16-34(17-15-32)29(36)19-25-10-13-35-22-26(25)6-4-18-38-28-7-3-2-5-27(28)21-33(23-30(35)37)20-24-8-11-31-12-9-24/h2-9,11-12,25-26H,10,13-23H2,1H3/b6-4-/t25-,26-/m0/s1. The Hall–Kier alpha value is -3.23. The van der Waals surface area contributed by atoms with E-state index in [-0.39, 0.29) is 23.7 Å². The fourth-order valence-corrected chi connectivity index (χ4v) is 5.73. The number of carbonyl (C=O) groups excluding carboxylic acids is 2. The minimum Gasteiger partial charge on any atom is -0.489 e. The molecule has 1 aromatic carbocycles. The zero-order valence-electron chi connectivity index (χ0n) is 22.4. The molecule has 2 aromatic rings. The summed E-state index contributed by atoms with van der Waals surface area (Å²) in [6.07, 6.45) is 9.20. The summed E-state index contributed by atoms with van der Waals surface area (Å²) >= 11 is 0. The van der Waals surface area contributed by atoms with Crippen LogP contribution in [0.3, 0.4) is 0 Å². The second-order valence-electron chi connectivity index (χ2n) is 10.8. The van der Waals surface area contributed by atoms with Crippen molar-refractivity contribution in [1.82, 2.24) is 24.6 Å². The first-order valence-electron chi connectivity index (χ1n) is 13.8. The Morgan fingerprint density at radius 1 is 1.03 bits per heavy atom. The van der Waals surface area contributed by atoms with Crippen LogP contribution in [0.15, 0.2) is 60.9 Å². The van der Waals surface area contributed by atoms with Gasteiger partial charge in [0, 0.05) is 76.7 Å². The van der Waals surface area contributed by atoms with Gasteiger partial charge >= 0.3 is 0 Å². The Morgan fingerprint density at radius 3 is 2.63 bits per heavy atom. The van der Waals surface area contributed by atoms with E-state index in [0.29, 0.717) is 45.8 Å². The Balaban J connectivity index is 1.33. The predicted octanol–water partition coefficient (Wildman–Crippen LogP) is 2.66. The molecule has 0 aliphatic carbocycles. The van der Waals surface area contributed by atoms with Crippen LogP contribution in [-0.4, -0.2) is 95.9 Å². The van der Waals surface area contributed by atoms with Gasteiger partial charge in [-0.15, -0.1) is 0 Å². The van der Waals surface area contributed by atoms with Gasteiger partial charge in [0.15, 0.2) is 0 Å². The van der Waals surface area contributed by atoms with Gasteiger partial charge < -0.3 is 19.4 Å². The van der Waals surface area contributed by atoms with Crippen LogP contribution in [0.4, 0.5) is 0 Å². The molecule has 0 unspecified atom stereocenters. The molecule has 202 valence electrons. The molecule has 2 atom stereocenters. The van der Waals surface area contributed by atoms with Gasteiger partial charge in [0.1, 0.15) is 12.4 Å². The molecule has 1 aromatic heterocycles. The van der Waals surface area contributed by atoms with Crippen molar-refractivity contribution in [2.24, 2.45) is 11.8 Å². The maximum atomic E-state index is 13.6. The SMILES string of the molecule is CN1CCN(C(=O)C[C@@H]2CCN3C[C@@H]2/C=C\COc2ccccc2CN(Cc2ccncc2)CC3=O)CC1. The molecule has 2 fully saturated rings. The molecule has 0 saturated carbocycles. The number of hydrogen-bond acceptors (Lipinski definition) is 6. The fourth-order valence-electron chi connectivity index (χ4n) is 5.73. The summed E-state index contributed by atoms with van der Waals surface area (Å²) in [5, 5.41) is 0. The number of amides is 2. The van der Waals surface area contributed by atoms with Crippen molar-refractivity contribution < 1.29 is 14.3 Å². The fraction of sp³-hybridized carbons (Fsp3) is 0.500. The number of para-hydroxylation sites is 1. The van der Waals surface area contributed by atoms with Crippen molar-refractivity contribution in [3.63, 3.8) is 0 Å². The summed E-state index contributed by atoms with van der Waals surface area (Å²) in [5.41, 5.74) is 2.19. The molecule has 2 amide bonds. The van der Waals surface area contributed by atoms with Crippen LogP contribution >= 0.6 is 0 Å². The summed E-state index contributed by atoms with van der Waals surface area (Å²) in [6, 6.07) is 12.1. The second kappa shape index (κ2) is 12.5. The zero-order chi connectivity index (χ0) is 26.3. The molecule has 8 nitrogen and oxygen atoms in total. The molecule has 0 spiro atoms. The zero-order valence-corrected chi connectivity index (χ0v) is 22.4. The number of benzene rings is 1. The van der Waals surface area contributed by atoms with Crippen LogP contribution in [0.2, 0.25) is 0 Å². The third-order valence-electron chi connectivity index (χ3n) is 8.05. The highest BCUT2D eigenvalue weighted by Crippen LogP contribution is 2.30. The first-order chi connectivity index (χ1) is 18.5. The molecule has 2 saturated heterocycles. The number of piperidine rings is 1. The number of aromatic nitrogens is 1. The normalized spacial score (nSPS) is 24.4. The van der Waals surface area contributed by atoms with Crippen molar-refractivity contribution in [1.29, 1.82) is 0 Å². The van der Waals surface area contributed by atoms with E-state index in [1.54, 1.807) is 12.4 Å². The number of ether oxygens (including phenoxy) is 1. The minimum atomic E-state index is 0.136. The van der Waals surface area contributed by atoms with Crippen LogP contribution < -0.4 is 4.74 Å². The van der Waals surface area contributed by atoms with Crippen LogP contribution in [0.1, 0.15) is 24.0 Å². The van der Waals surface area contributed by atoms with Gasteiger partial charge in [0.05, 0.1) is 6.54 Å². The Kier molecular flexibility index (Phi) is 8.71. The molecular formula is C30H39N5O3. The Labute approximate surface area is 225 Å². The number of rotatable bonds is 4. The Morgan fingerprint density at radius 2 is 1.82 bits per heavy atom. The molecule has 8 heteroatoms. The van der Waals surface area contributed by atoms with E-state index in [9.17, 15) is 9.59 Å². The number of hydrogen-bond donors (Lipinski definition) is 0. The number of pyridine rings is 1. The van der Waals surface area contributed by atoms with Crippen molar-refractivity contribution in [3.8, 4) is 5.75 Å². The number of piperazine rings is 1. The van der Waals surface area contributed by atoms with Gasteiger partial charge in [-0.3, -0.25) is 19.5 Å². The molecule has 2 bridgehead atoms. The summed E-state index contributed by atoms with van der Waals surface area (Å²) in [4.78, 5) is 39.3. The monoisotopic (exact) mass is 517 g/mol. The summed E-state index contributed by atoms with van der Waals surface area (Å²) in [7, 11) is 2.10. The highest BCUT2D eigenvalue weighted by atomic mass is 16.5. The van der Waals surface area contributed by atoms with Crippen LogP contribution in [0.25, 0.3) is 0 Å². The molecule has 4 heterocycles. The molecule has 5 rings (SSSR count). The van der Waals surface area contributed by atoms with E-state index in [2.05, 4.69) is 40.0 Å². The summed E-state index contributed by atoms with van der Waals surface area (Å²) in [5.74, 6) is 1.59. The second-order valence-corrected chi connectivity index (χ2v) is 10.8. The van der Waals surface area contributed by atoms with E-state index in [4.69, 9.17) is 4.74 Å². The lowest BCUT2D eigenvalue weighted by Crippen LogP contribution is -2.50. The van der Waals surface area contributed by atoms with E-state index in [0.717, 1.165) is 49.5 Å². The molecule has 38 heavy (non-hydrogen) atoms. The maximum absolute atomic E-state index is 13.6. The van der Waals surface area contributed by atoms with Crippen molar-refractivity contribution in [2.75, 3.05) is 59.5 Å². The quantitative estimate of drug-likeness (QED) is 0.581. The first-order valence-corrected chi connectivity index (χ1v) is 13.8. The molecule has 3 aliphatic rings. The predicted molar refractivity (Wildman–Crippen MR) is 146 cm³/mol. The number of nitrogens with zero attached hydrogens (tertiary/aromatic N) is 5. The van der Waals surface area contributed by atoms with E-state index in [1.807, 2.05) is 40.1 Å². The number of fused-ring (bicyclic) bond motifs is 3.